The summed E-state index contributed by atoms with van der Waals surface area (Å²) in [5, 5.41) is 2.80. The second-order valence-electron chi connectivity index (χ2n) is 6.98. The molecule has 0 heterocycles. The van der Waals surface area contributed by atoms with Crippen molar-refractivity contribution >= 4 is 17.3 Å². The molecule has 1 unspecified atom stereocenters. The second kappa shape index (κ2) is 7.47. The SMILES string of the molecule is COc1cc(N)ccc1NC(=O)C(C)Oc1ccc(C(C)(C)C)cc1. The van der Waals surface area contributed by atoms with Crippen LogP contribution in [0.1, 0.15) is 33.3 Å². The Hall–Kier alpha value is -2.69. The summed E-state index contributed by atoms with van der Waals surface area (Å²) in [7, 11) is 1.53. The zero-order chi connectivity index (χ0) is 18.6. The quantitative estimate of drug-likeness (QED) is 0.806. The van der Waals surface area contributed by atoms with E-state index in [-0.39, 0.29) is 11.3 Å². The molecule has 0 spiro atoms. The Bertz CT molecular complexity index is 734. The van der Waals surface area contributed by atoms with Crippen LogP contribution in [-0.2, 0) is 10.2 Å². The van der Waals surface area contributed by atoms with Crippen molar-refractivity contribution in [3.8, 4) is 11.5 Å². The Morgan fingerprint density at radius 1 is 1.12 bits per heavy atom. The molecule has 2 aromatic rings. The van der Waals surface area contributed by atoms with Crippen LogP contribution in [0.3, 0.4) is 0 Å². The van der Waals surface area contributed by atoms with E-state index in [1.54, 1.807) is 25.1 Å². The Kier molecular flexibility index (Phi) is 5.57. The first kappa shape index (κ1) is 18.6. The average Bonchev–Trinajstić information content (AvgIpc) is 2.56. The highest BCUT2D eigenvalue weighted by molar-refractivity contribution is 5.95. The minimum atomic E-state index is -0.650. The predicted molar refractivity (Wildman–Crippen MR) is 101 cm³/mol. The van der Waals surface area contributed by atoms with E-state index in [9.17, 15) is 4.79 Å². The molecule has 0 bridgehead atoms. The van der Waals surface area contributed by atoms with Crippen LogP contribution in [-0.4, -0.2) is 19.1 Å². The largest absolute Gasteiger partial charge is 0.494 e. The van der Waals surface area contributed by atoms with Gasteiger partial charge in [0, 0.05) is 11.8 Å². The van der Waals surface area contributed by atoms with Crippen LogP contribution in [0.15, 0.2) is 42.5 Å². The van der Waals surface area contributed by atoms with E-state index in [0.29, 0.717) is 22.9 Å². The highest BCUT2D eigenvalue weighted by Gasteiger charge is 2.18. The Labute approximate surface area is 149 Å². The zero-order valence-corrected chi connectivity index (χ0v) is 15.4. The number of anilines is 2. The van der Waals surface area contributed by atoms with Gasteiger partial charge in [-0.25, -0.2) is 0 Å². The van der Waals surface area contributed by atoms with E-state index >= 15 is 0 Å². The molecule has 0 aliphatic carbocycles. The molecule has 134 valence electrons. The average molecular weight is 342 g/mol. The Balaban J connectivity index is 2.03. The van der Waals surface area contributed by atoms with Crippen LogP contribution >= 0.6 is 0 Å². The van der Waals surface area contributed by atoms with Crippen LogP contribution in [0.25, 0.3) is 0 Å². The third-order valence-corrected chi connectivity index (χ3v) is 3.89. The maximum Gasteiger partial charge on any atom is 0.265 e. The van der Waals surface area contributed by atoms with E-state index in [2.05, 4.69) is 26.1 Å². The van der Waals surface area contributed by atoms with Crippen LogP contribution in [0.2, 0.25) is 0 Å². The molecular weight excluding hydrogens is 316 g/mol. The van der Waals surface area contributed by atoms with Crippen LogP contribution in [0.5, 0.6) is 11.5 Å². The molecule has 0 saturated carbocycles. The molecular formula is C20H26N2O3. The van der Waals surface area contributed by atoms with Crippen molar-refractivity contribution in [2.24, 2.45) is 0 Å². The normalized spacial score (nSPS) is 12.4. The second-order valence-corrected chi connectivity index (χ2v) is 6.98. The van der Waals surface area contributed by atoms with Crippen molar-refractivity contribution < 1.29 is 14.3 Å². The third-order valence-electron chi connectivity index (χ3n) is 3.89. The fourth-order valence-corrected chi connectivity index (χ4v) is 2.34. The summed E-state index contributed by atoms with van der Waals surface area (Å²) in [4.78, 5) is 12.4. The maximum atomic E-state index is 12.4. The van der Waals surface area contributed by atoms with Gasteiger partial charge in [0.25, 0.3) is 5.91 Å². The minimum absolute atomic E-state index is 0.0766. The Morgan fingerprint density at radius 2 is 1.76 bits per heavy atom. The Morgan fingerprint density at radius 3 is 2.32 bits per heavy atom. The number of hydrogen-bond acceptors (Lipinski definition) is 4. The summed E-state index contributed by atoms with van der Waals surface area (Å²) in [6.07, 6.45) is -0.650. The van der Waals surface area contributed by atoms with Crippen molar-refractivity contribution in [2.75, 3.05) is 18.2 Å². The van der Waals surface area contributed by atoms with Gasteiger partial charge < -0.3 is 20.5 Å². The highest BCUT2D eigenvalue weighted by atomic mass is 16.5. The number of carbonyl (C=O) groups excluding carboxylic acids is 1. The van der Waals surface area contributed by atoms with Crippen molar-refractivity contribution in [3.63, 3.8) is 0 Å². The molecule has 0 aliphatic heterocycles. The van der Waals surface area contributed by atoms with Gasteiger partial charge in [-0.05, 0) is 42.2 Å². The van der Waals surface area contributed by atoms with Gasteiger partial charge >= 0.3 is 0 Å². The van der Waals surface area contributed by atoms with Gasteiger partial charge in [-0.15, -0.1) is 0 Å². The number of carbonyl (C=O) groups is 1. The molecule has 0 fully saturated rings. The summed E-state index contributed by atoms with van der Waals surface area (Å²) < 4.78 is 11.0. The topological polar surface area (TPSA) is 73.6 Å². The zero-order valence-electron chi connectivity index (χ0n) is 15.4. The molecule has 1 atom stereocenters. The molecule has 2 rings (SSSR count). The van der Waals surface area contributed by atoms with Gasteiger partial charge in [-0.1, -0.05) is 32.9 Å². The first-order valence-corrected chi connectivity index (χ1v) is 8.22. The van der Waals surface area contributed by atoms with Gasteiger partial charge in [-0.3, -0.25) is 4.79 Å². The molecule has 25 heavy (non-hydrogen) atoms. The van der Waals surface area contributed by atoms with Crippen LogP contribution in [0, 0.1) is 0 Å². The maximum absolute atomic E-state index is 12.4. The van der Waals surface area contributed by atoms with E-state index in [1.165, 1.54) is 12.7 Å². The molecule has 0 saturated heterocycles. The van der Waals surface area contributed by atoms with E-state index in [1.807, 2.05) is 24.3 Å². The van der Waals surface area contributed by atoms with Gasteiger partial charge in [0.2, 0.25) is 0 Å². The van der Waals surface area contributed by atoms with Crippen molar-refractivity contribution in [3.05, 3.63) is 48.0 Å². The number of benzene rings is 2. The summed E-state index contributed by atoms with van der Waals surface area (Å²) in [6, 6.07) is 12.9. The third kappa shape index (κ3) is 4.89. The summed E-state index contributed by atoms with van der Waals surface area (Å²) in [5.74, 6) is 0.901. The summed E-state index contributed by atoms with van der Waals surface area (Å²) in [5.41, 5.74) is 8.13. The summed E-state index contributed by atoms with van der Waals surface area (Å²) >= 11 is 0. The molecule has 0 radical (unpaired) electrons. The van der Waals surface area contributed by atoms with Crippen molar-refractivity contribution in [1.82, 2.24) is 0 Å². The lowest BCUT2D eigenvalue weighted by Gasteiger charge is -2.20. The number of rotatable bonds is 5. The van der Waals surface area contributed by atoms with Crippen LogP contribution in [0.4, 0.5) is 11.4 Å². The van der Waals surface area contributed by atoms with E-state index < -0.39 is 6.10 Å². The lowest BCUT2D eigenvalue weighted by atomic mass is 9.87. The summed E-state index contributed by atoms with van der Waals surface area (Å²) in [6.45, 7) is 8.16. The van der Waals surface area contributed by atoms with Gasteiger partial charge in [0.15, 0.2) is 6.10 Å². The van der Waals surface area contributed by atoms with Crippen molar-refractivity contribution in [1.29, 1.82) is 0 Å². The minimum Gasteiger partial charge on any atom is -0.494 e. The molecule has 1 amide bonds. The first-order valence-electron chi connectivity index (χ1n) is 8.22. The lowest BCUT2D eigenvalue weighted by Crippen LogP contribution is -2.30. The van der Waals surface area contributed by atoms with E-state index in [0.717, 1.165) is 0 Å². The monoisotopic (exact) mass is 342 g/mol. The number of nitrogen functional groups attached to an aromatic ring is 1. The lowest BCUT2D eigenvalue weighted by molar-refractivity contribution is -0.122. The molecule has 3 N–H and O–H groups in total. The number of nitrogens with one attached hydrogen (secondary N) is 1. The number of ether oxygens (including phenoxy) is 2. The molecule has 0 aromatic heterocycles. The number of methoxy groups -OCH3 is 1. The van der Waals surface area contributed by atoms with Gasteiger partial charge in [-0.2, -0.15) is 0 Å². The molecule has 5 nitrogen and oxygen atoms in total. The van der Waals surface area contributed by atoms with Gasteiger partial charge in [0.05, 0.1) is 12.8 Å². The molecule has 0 aliphatic rings. The molecule has 5 heteroatoms. The predicted octanol–water partition coefficient (Wildman–Crippen LogP) is 3.98. The smallest absolute Gasteiger partial charge is 0.265 e. The fraction of sp³-hybridized carbons (Fsp3) is 0.350. The van der Waals surface area contributed by atoms with E-state index in [4.69, 9.17) is 15.2 Å². The fourth-order valence-electron chi connectivity index (χ4n) is 2.34. The van der Waals surface area contributed by atoms with Crippen molar-refractivity contribution in [2.45, 2.75) is 39.2 Å². The number of nitrogens with two attached hydrogens (primary N) is 1. The van der Waals surface area contributed by atoms with Crippen LogP contribution < -0.4 is 20.5 Å². The van der Waals surface area contributed by atoms with Gasteiger partial charge in [0.1, 0.15) is 11.5 Å². The standard InChI is InChI=1S/C20H26N2O3/c1-13(25-16-9-6-14(7-10-16)20(2,3)4)19(23)22-17-11-8-15(21)12-18(17)24-5/h6-13H,21H2,1-5H3,(H,22,23). The highest BCUT2D eigenvalue weighted by Crippen LogP contribution is 2.27. The number of hydrogen-bond donors (Lipinski definition) is 2. The first-order chi connectivity index (χ1) is 11.7. The molecule has 2 aromatic carbocycles. The number of amides is 1.